The zero-order valence-corrected chi connectivity index (χ0v) is 19.6. The van der Waals surface area contributed by atoms with E-state index in [-0.39, 0.29) is 6.61 Å². The van der Waals surface area contributed by atoms with Crippen molar-refractivity contribution < 1.29 is 14.6 Å². The molecule has 1 aliphatic heterocycles. The van der Waals surface area contributed by atoms with Gasteiger partial charge < -0.3 is 24.8 Å². The molecule has 2 aromatic carbocycles. The third-order valence-electron chi connectivity index (χ3n) is 5.83. The maximum atomic E-state index is 10.5. The van der Waals surface area contributed by atoms with Crippen molar-refractivity contribution in [2.24, 2.45) is 0 Å². The Hall–Kier alpha value is -2.12. The smallest absolute Gasteiger partial charge is 0.161 e. The van der Waals surface area contributed by atoms with Gasteiger partial charge in [0.2, 0.25) is 0 Å². The van der Waals surface area contributed by atoms with Crippen LogP contribution in [0, 0.1) is 0 Å². The molecule has 1 atom stereocenters. The Bertz CT molecular complexity index is 781. The number of hydrogen-bond donors (Lipinski definition) is 2. The van der Waals surface area contributed by atoms with Crippen LogP contribution in [0.1, 0.15) is 30.4 Å². The van der Waals surface area contributed by atoms with E-state index in [1.165, 1.54) is 44.5 Å². The van der Waals surface area contributed by atoms with Crippen molar-refractivity contribution in [1.29, 1.82) is 0 Å². The number of likely N-dealkylation sites (tertiary alicyclic amines) is 1. The summed E-state index contributed by atoms with van der Waals surface area (Å²) in [6.45, 7) is 7.05. The molecule has 6 heteroatoms. The molecule has 1 fully saturated rings. The molecule has 0 radical (unpaired) electrons. The minimum absolute atomic E-state index is 0.224. The van der Waals surface area contributed by atoms with Crippen molar-refractivity contribution in [3.05, 3.63) is 59.7 Å². The van der Waals surface area contributed by atoms with Gasteiger partial charge in [-0.3, -0.25) is 4.90 Å². The van der Waals surface area contributed by atoms with Gasteiger partial charge in [0.05, 0.1) is 7.11 Å². The Balaban J connectivity index is 1.40. The fourth-order valence-electron chi connectivity index (χ4n) is 4.17. The maximum Gasteiger partial charge on any atom is 0.161 e. The summed E-state index contributed by atoms with van der Waals surface area (Å²) in [6, 6.07) is 16.3. The average Bonchev–Trinajstić information content (AvgIpc) is 3.31. The molecule has 0 aliphatic carbocycles. The second-order valence-corrected chi connectivity index (χ2v) is 8.71. The Morgan fingerprint density at radius 2 is 1.84 bits per heavy atom. The first-order chi connectivity index (χ1) is 15.6. The van der Waals surface area contributed by atoms with Crippen LogP contribution in [0.4, 0.5) is 0 Å². The number of likely N-dealkylation sites (N-methyl/N-ethyl adjacent to an activating group) is 1. The van der Waals surface area contributed by atoms with Gasteiger partial charge in [0.15, 0.2) is 11.5 Å². The van der Waals surface area contributed by atoms with E-state index in [1.54, 1.807) is 7.11 Å². The minimum Gasteiger partial charge on any atom is -0.493 e. The number of nitrogens with one attached hydrogen (secondary N) is 1. The molecule has 0 bridgehead atoms. The van der Waals surface area contributed by atoms with Crippen LogP contribution < -0.4 is 14.8 Å². The first-order valence-corrected chi connectivity index (χ1v) is 11.8. The SMILES string of the molecule is COc1ccc(CNCCCN2CCCC2)cc1OC[C@@H](O)CN(C)Cc1ccccc1. The summed E-state index contributed by atoms with van der Waals surface area (Å²) >= 11 is 0. The van der Waals surface area contributed by atoms with Gasteiger partial charge >= 0.3 is 0 Å². The molecule has 0 saturated carbocycles. The number of aliphatic hydroxyl groups is 1. The van der Waals surface area contributed by atoms with Crippen molar-refractivity contribution in [3.8, 4) is 11.5 Å². The summed E-state index contributed by atoms with van der Waals surface area (Å²) < 4.78 is 11.4. The van der Waals surface area contributed by atoms with E-state index >= 15 is 0 Å². The predicted octanol–water partition coefficient (Wildman–Crippen LogP) is 3.14. The molecule has 2 N–H and O–H groups in total. The summed E-state index contributed by atoms with van der Waals surface area (Å²) in [5, 5.41) is 14.0. The molecule has 176 valence electrons. The van der Waals surface area contributed by atoms with Crippen molar-refractivity contribution in [2.75, 3.05) is 53.5 Å². The van der Waals surface area contributed by atoms with Crippen LogP contribution >= 0.6 is 0 Å². The molecule has 1 aliphatic rings. The molecule has 2 aromatic rings. The van der Waals surface area contributed by atoms with Crippen LogP contribution in [0.3, 0.4) is 0 Å². The largest absolute Gasteiger partial charge is 0.493 e. The summed E-state index contributed by atoms with van der Waals surface area (Å²) in [5.41, 5.74) is 2.38. The summed E-state index contributed by atoms with van der Waals surface area (Å²) in [4.78, 5) is 4.65. The highest BCUT2D eigenvalue weighted by Crippen LogP contribution is 2.28. The van der Waals surface area contributed by atoms with E-state index < -0.39 is 6.10 Å². The summed E-state index contributed by atoms with van der Waals surface area (Å²) in [7, 11) is 3.65. The van der Waals surface area contributed by atoms with Crippen LogP contribution in [0.25, 0.3) is 0 Å². The first-order valence-electron chi connectivity index (χ1n) is 11.8. The van der Waals surface area contributed by atoms with Gasteiger partial charge in [0.1, 0.15) is 12.7 Å². The number of nitrogens with zero attached hydrogens (tertiary/aromatic N) is 2. The number of hydrogen-bond acceptors (Lipinski definition) is 6. The molecule has 0 spiro atoms. The normalized spacial score (nSPS) is 15.2. The Morgan fingerprint density at radius 1 is 1.06 bits per heavy atom. The predicted molar refractivity (Wildman–Crippen MR) is 129 cm³/mol. The zero-order valence-electron chi connectivity index (χ0n) is 19.6. The highest BCUT2D eigenvalue weighted by molar-refractivity contribution is 5.43. The van der Waals surface area contributed by atoms with Gasteiger partial charge in [0, 0.05) is 19.6 Å². The van der Waals surface area contributed by atoms with Gasteiger partial charge in [0.25, 0.3) is 0 Å². The minimum atomic E-state index is -0.583. The van der Waals surface area contributed by atoms with E-state index in [1.807, 2.05) is 37.4 Å². The quantitative estimate of drug-likeness (QED) is 0.439. The molecule has 0 amide bonds. The van der Waals surface area contributed by atoms with Crippen LogP contribution in [0.15, 0.2) is 48.5 Å². The van der Waals surface area contributed by atoms with Crippen LogP contribution in [-0.2, 0) is 13.1 Å². The molecular formula is C26H39N3O3. The lowest BCUT2D eigenvalue weighted by Gasteiger charge is -2.21. The monoisotopic (exact) mass is 441 g/mol. The van der Waals surface area contributed by atoms with Gasteiger partial charge in [-0.15, -0.1) is 0 Å². The Kier molecular flexibility index (Phi) is 10.3. The number of ether oxygens (including phenoxy) is 2. The summed E-state index contributed by atoms with van der Waals surface area (Å²) in [5.74, 6) is 1.36. The van der Waals surface area contributed by atoms with E-state index in [0.29, 0.717) is 18.0 Å². The molecule has 0 aromatic heterocycles. The first kappa shape index (κ1) is 24.5. The molecule has 1 heterocycles. The van der Waals surface area contributed by atoms with Gasteiger partial charge in [-0.2, -0.15) is 0 Å². The van der Waals surface area contributed by atoms with Crippen molar-refractivity contribution in [1.82, 2.24) is 15.1 Å². The topological polar surface area (TPSA) is 57.2 Å². The van der Waals surface area contributed by atoms with Crippen LogP contribution in [0.5, 0.6) is 11.5 Å². The molecule has 1 saturated heterocycles. The van der Waals surface area contributed by atoms with Crippen LogP contribution in [-0.4, -0.2) is 74.5 Å². The van der Waals surface area contributed by atoms with Gasteiger partial charge in [-0.05, 0) is 75.7 Å². The molecule has 6 nitrogen and oxygen atoms in total. The standard InChI is InChI=1S/C26H39N3O3/c1-28(19-22-9-4-3-5-10-22)20-24(30)21-32-26-17-23(11-12-25(26)31-2)18-27-13-8-16-29-14-6-7-15-29/h3-5,9-12,17,24,27,30H,6-8,13-16,18-21H2,1-2H3/t24-/m0/s1. The highest BCUT2D eigenvalue weighted by atomic mass is 16.5. The third-order valence-corrected chi connectivity index (χ3v) is 5.83. The molecule has 0 unspecified atom stereocenters. The molecule has 3 rings (SSSR count). The van der Waals surface area contributed by atoms with E-state index in [4.69, 9.17) is 9.47 Å². The average molecular weight is 442 g/mol. The van der Waals surface area contributed by atoms with Crippen molar-refractivity contribution in [3.63, 3.8) is 0 Å². The van der Waals surface area contributed by atoms with E-state index in [9.17, 15) is 5.11 Å². The van der Waals surface area contributed by atoms with E-state index in [2.05, 4.69) is 33.3 Å². The maximum absolute atomic E-state index is 10.5. The van der Waals surface area contributed by atoms with E-state index in [0.717, 1.165) is 25.2 Å². The van der Waals surface area contributed by atoms with Gasteiger partial charge in [-0.1, -0.05) is 36.4 Å². The molecule has 32 heavy (non-hydrogen) atoms. The second-order valence-electron chi connectivity index (χ2n) is 8.71. The lowest BCUT2D eigenvalue weighted by atomic mass is 10.2. The Morgan fingerprint density at radius 3 is 2.59 bits per heavy atom. The number of rotatable bonds is 14. The number of aliphatic hydroxyl groups excluding tert-OH is 1. The summed E-state index contributed by atoms with van der Waals surface area (Å²) in [6.07, 6.45) is 3.28. The fraction of sp³-hybridized carbons (Fsp3) is 0.538. The molecular weight excluding hydrogens is 402 g/mol. The lowest BCUT2D eigenvalue weighted by Crippen LogP contribution is -2.32. The highest BCUT2D eigenvalue weighted by Gasteiger charge is 2.13. The Labute approximate surface area is 193 Å². The van der Waals surface area contributed by atoms with Crippen molar-refractivity contribution >= 4 is 0 Å². The fourth-order valence-corrected chi connectivity index (χ4v) is 4.17. The number of methoxy groups -OCH3 is 1. The van der Waals surface area contributed by atoms with Crippen molar-refractivity contribution in [2.45, 2.75) is 38.5 Å². The zero-order chi connectivity index (χ0) is 22.6. The van der Waals surface area contributed by atoms with Gasteiger partial charge in [-0.25, -0.2) is 0 Å². The second kappa shape index (κ2) is 13.4. The lowest BCUT2D eigenvalue weighted by molar-refractivity contribution is 0.0732. The van der Waals surface area contributed by atoms with Crippen LogP contribution in [0.2, 0.25) is 0 Å². The number of benzene rings is 2. The third kappa shape index (κ3) is 8.43.